The van der Waals surface area contributed by atoms with Gasteiger partial charge in [-0.05, 0) is 24.1 Å². The van der Waals surface area contributed by atoms with Gasteiger partial charge in [0.25, 0.3) is 0 Å². The zero-order valence-corrected chi connectivity index (χ0v) is 11.2. The standard InChI is InChI=1S/C15H13F2NO3/c1-21-11-4-2-3-9(5-11)6-12(15(19)20)14-13(17)7-10(16)8-18-14/h2-5,7-8,12H,6H2,1H3,(H,19,20). The second-order valence-electron chi connectivity index (χ2n) is 4.47. The molecule has 0 amide bonds. The maximum atomic E-state index is 13.7. The van der Waals surface area contributed by atoms with Crippen LogP contribution in [0.15, 0.2) is 36.5 Å². The largest absolute Gasteiger partial charge is 0.497 e. The number of hydrogen-bond acceptors (Lipinski definition) is 3. The molecule has 1 aromatic carbocycles. The first-order valence-electron chi connectivity index (χ1n) is 6.18. The summed E-state index contributed by atoms with van der Waals surface area (Å²) in [7, 11) is 1.50. The average molecular weight is 293 g/mol. The Labute approximate surface area is 120 Å². The molecule has 2 aromatic rings. The van der Waals surface area contributed by atoms with Crippen LogP contribution in [0.2, 0.25) is 0 Å². The Morgan fingerprint density at radius 2 is 2.14 bits per heavy atom. The quantitative estimate of drug-likeness (QED) is 0.921. The van der Waals surface area contributed by atoms with Gasteiger partial charge in [0.2, 0.25) is 0 Å². The zero-order chi connectivity index (χ0) is 15.4. The van der Waals surface area contributed by atoms with Crippen molar-refractivity contribution >= 4 is 5.97 Å². The number of methoxy groups -OCH3 is 1. The number of carboxylic acid groups (broad SMARTS) is 1. The Hall–Kier alpha value is -2.50. The van der Waals surface area contributed by atoms with Crippen LogP contribution in [0.4, 0.5) is 8.78 Å². The van der Waals surface area contributed by atoms with Crippen LogP contribution < -0.4 is 4.74 Å². The summed E-state index contributed by atoms with van der Waals surface area (Å²) in [6.45, 7) is 0. The van der Waals surface area contributed by atoms with Gasteiger partial charge < -0.3 is 9.84 Å². The first-order chi connectivity index (χ1) is 10.0. The van der Waals surface area contributed by atoms with Gasteiger partial charge in [-0.2, -0.15) is 0 Å². The number of hydrogen-bond donors (Lipinski definition) is 1. The van der Waals surface area contributed by atoms with Crippen molar-refractivity contribution in [2.45, 2.75) is 12.3 Å². The van der Waals surface area contributed by atoms with Gasteiger partial charge in [0, 0.05) is 6.07 Å². The van der Waals surface area contributed by atoms with Crippen molar-refractivity contribution in [3.05, 3.63) is 59.4 Å². The molecule has 0 bridgehead atoms. The Morgan fingerprint density at radius 3 is 2.76 bits per heavy atom. The summed E-state index contributed by atoms with van der Waals surface area (Å²) in [6.07, 6.45) is 0.835. The lowest BCUT2D eigenvalue weighted by Gasteiger charge is -2.13. The molecule has 0 spiro atoms. The van der Waals surface area contributed by atoms with Gasteiger partial charge in [0.15, 0.2) is 0 Å². The highest BCUT2D eigenvalue weighted by Gasteiger charge is 2.25. The maximum Gasteiger partial charge on any atom is 0.313 e. The number of aliphatic carboxylic acids is 1. The fourth-order valence-electron chi connectivity index (χ4n) is 2.02. The number of benzene rings is 1. The fourth-order valence-corrected chi connectivity index (χ4v) is 2.02. The van der Waals surface area contributed by atoms with Gasteiger partial charge in [0.1, 0.15) is 23.3 Å². The number of rotatable bonds is 5. The molecule has 0 fully saturated rings. The molecule has 0 aliphatic heterocycles. The summed E-state index contributed by atoms with van der Waals surface area (Å²) in [4.78, 5) is 14.9. The van der Waals surface area contributed by atoms with Crippen LogP contribution in [0, 0.1) is 11.6 Å². The molecular formula is C15H13F2NO3. The second kappa shape index (κ2) is 6.30. The Balaban J connectivity index is 2.33. The minimum absolute atomic E-state index is 0.0298. The van der Waals surface area contributed by atoms with E-state index in [1.807, 2.05) is 0 Å². The van der Waals surface area contributed by atoms with E-state index < -0.39 is 23.5 Å². The summed E-state index contributed by atoms with van der Waals surface area (Å²) in [5.41, 5.74) is 0.374. The van der Waals surface area contributed by atoms with Crippen LogP contribution in [-0.4, -0.2) is 23.2 Å². The predicted octanol–water partition coefficient (Wildman–Crippen LogP) is 2.78. The average Bonchev–Trinajstić information content (AvgIpc) is 2.45. The molecule has 2 rings (SSSR count). The van der Waals surface area contributed by atoms with E-state index in [0.29, 0.717) is 17.4 Å². The summed E-state index contributed by atoms with van der Waals surface area (Å²) in [6, 6.07) is 7.43. The summed E-state index contributed by atoms with van der Waals surface area (Å²) < 4.78 is 31.6. The molecule has 0 aliphatic rings. The summed E-state index contributed by atoms with van der Waals surface area (Å²) in [5, 5.41) is 9.28. The molecule has 0 saturated heterocycles. The van der Waals surface area contributed by atoms with Gasteiger partial charge in [-0.15, -0.1) is 0 Å². The first kappa shape index (κ1) is 14.9. The van der Waals surface area contributed by atoms with E-state index in [-0.39, 0.29) is 12.1 Å². The number of carboxylic acids is 1. The van der Waals surface area contributed by atoms with E-state index in [1.165, 1.54) is 7.11 Å². The summed E-state index contributed by atoms with van der Waals surface area (Å²) >= 11 is 0. The van der Waals surface area contributed by atoms with Gasteiger partial charge in [-0.25, -0.2) is 8.78 Å². The molecule has 1 aromatic heterocycles. The Bertz CT molecular complexity index is 661. The fraction of sp³-hybridized carbons (Fsp3) is 0.200. The molecule has 0 radical (unpaired) electrons. The smallest absolute Gasteiger partial charge is 0.313 e. The number of ether oxygens (including phenoxy) is 1. The third kappa shape index (κ3) is 3.53. The van der Waals surface area contributed by atoms with Gasteiger partial charge >= 0.3 is 5.97 Å². The molecule has 1 N–H and O–H groups in total. The Morgan fingerprint density at radius 1 is 1.38 bits per heavy atom. The monoisotopic (exact) mass is 293 g/mol. The van der Waals surface area contributed by atoms with Crippen molar-refractivity contribution in [2.24, 2.45) is 0 Å². The molecule has 0 saturated carbocycles. The zero-order valence-electron chi connectivity index (χ0n) is 11.2. The van der Waals surface area contributed by atoms with Crippen molar-refractivity contribution in [3.8, 4) is 5.75 Å². The molecule has 1 heterocycles. The number of pyridine rings is 1. The van der Waals surface area contributed by atoms with Crippen molar-refractivity contribution in [1.82, 2.24) is 4.98 Å². The van der Waals surface area contributed by atoms with Crippen LogP contribution in [-0.2, 0) is 11.2 Å². The van der Waals surface area contributed by atoms with E-state index in [9.17, 15) is 18.7 Å². The van der Waals surface area contributed by atoms with E-state index in [2.05, 4.69) is 4.98 Å². The SMILES string of the molecule is COc1cccc(CC(C(=O)O)c2ncc(F)cc2F)c1. The maximum absolute atomic E-state index is 13.7. The second-order valence-corrected chi connectivity index (χ2v) is 4.47. The number of carbonyl (C=O) groups is 1. The van der Waals surface area contributed by atoms with Crippen LogP contribution in [0.25, 0.3) is 0 Å². The minimum atomic E-state index is -1.23. The van der Waals surface area contributed by atoms with Crippen LogP contribution >= 0.6 is 0 Å². The van der Waals surface area contributed by atoms with E-state index in [4.69, 9.17) is 4.74 Å². The third-order valence-electron chi connectivity index (χ3n) is 3.04. The van der Waals surface area contributed by atoms with Gasteiger partial charge in [-0.1, -0.05) is 12.1 Å². The van der Waals surface area contributed by atoms with E-state index in [1.54, 1.807) is 24.3 Å². The molecule has 6 heteroatoms. The third-order valence-corrected chi connectivity index (χ3v) is 3.04. The number of aromatic nitrogens is 1. The highest BCUT2D eigenvalue weighted by atomic mass is 19.1. The molecule has 21 heavy (non-hydrogen) atoms. The van der Waals surface area contributed by atoms with Gasteiger partial charge in [0.05, 0.1) is 19.0 Å². The van der Waals surface area contributed by atoms with Gasteiger partial charge in [-0.3, -0.25) is 9.78 Å². The molecule has 4 nitrogen and oxygen atoms in total. The molecule has 1 atom stereocenters. The lowest BCUT2D eigenvalue weighted by atomic mass is 9.95. The highest BCUT2D eigenvalue weighted by Crippen LogP contribution is 2.24. The van der Waals surface area contributed by atoms with E-state index in [0.717, 1.165) is 6.20 Å². The molecule has 1 unspecified atom stereocenters. The van der Waals surface area contributed by atoms with Crippen LogP contribution in [0.1, 0.15) is 17.2 Å². The van der Waals surface area contributed by atoms with E-state index >= 15 is 0 Å². The lowest BCUT2D eigenvalue weighted by Crippen LogP contribution is -2.17. The number of nitrogens with zero attached hydrogens (tertiary/aromatic N) is 1. The van der Waals surface area contributed by atoms with Crippen LogP contribution in [0.5, 0.6) is 5.75 Å². The molecule has 110 valence electrons. The topological polar surface area (TPSA) is 59.4 Å². The first-order valence-corrected chi connectivity index (χ1v) is 6.18. The number of halogens is 2. The van der Waals surface area contributed by atoms with Crippen LogP contribution in [0.3, 0.4) is 0 Å². The van der Waals surface area contributed by atoms with Crippen molar-refractivity contribution in [2.75, 3.05) is 7.11 Å². The lowest BCUT2D eigenvalue weighted by molar-refractivity contribution is -0.138. The molecular weight excluding hydrogens is 280 g/mol. The minimum Gasteiger partial charge on any atom is -0.497 e. The Kier molecular flexibility index (Phi) is 4.47. The molecule has 0 aliphatic carbocycles. The van der Waals surface area contributed by atoms with Crippen molar-refractivity contribution in [3.63, 3.8) is 0 Å². The van der Waals surface area contributed by atoms with Crippen molar-refractivity contribution < 1.29 is 23.4 Å². The summed E-state index contributed by atoms with van der Waals surface area (Å²) in [5.74, 6) is -3.66. The normalized spacial score (nSPS) is 12.0. The predicted molar refractivity (Wildman–Crippen MR) is 71.2 cm³/mol. The highest BCUT2D eigenvalue weighted by molar-refractivity contribution is 5.76. The van der Waals surface area contributed by atoms with Crippen molar-refractivity contribution in [1.29, 1.82) is 0 Å².